The summed E-state index contributed by atoms with van der Waals surface area (Å²) in [5.74, 6) is -2.14. The Balaban J connectivity index is 1.45. The second kappa shape index (κ2) is 14.9. The predicted octanol–water partition coefficient (Wildman–Crippen LogP) is 2.23. The number of hydrogen-bond acceptors (Lipinski definition) is 15. The molecule has 0 spiro atoms. The Morgan fingerprint density at radius 3 is 2.60 bits per heavy atom. The third-order valence-electron chi connectivity index (χ3n) is 7.80. The van der Waals surface area contributed by atoms with Crippen molar-refractivity contribution in [1.29, 1.82) is 5.26 Å². The van der Waals surface area contributed by atoms with Crippen LogP contribution in [0.25, 0.3) is 5.52 Å². The van der Waals surface area contributed by atoms with Gasteiger partial charge >= 0.3 is 25.7 Å². The smallest absolute Gasteiger partial charge is 0.406 e. The molecule has 18 heteroatoms. The Bertz CT molecular complexity index is 1670. The lowest BCUT2D eigenvalue weighted by atomic mass is 9.95. The molecule has 7 atom stereocenters. The number of nitrogens with two attached hydrogens (primary N) is 1. The highest BCUT2D eigenvalue weighted by atomic mass is 31.2. The SMILES string of the molecule is CC(=O)O[C@H]1[C@H](c2ccc3c(N)ncnn23)O[C@](C#N)(CO[P@@](=O)(N[C@@H](C)C(=O)OC2CCOCC2)OC2C=CC=CC2)[C@H]1OC(C)=O. The highest BCUT2D eigenvalue weighted by Gasteiger charge is 2.62. The van der Waals surface area contributed by atoms with Crippen LogP contribution in [0.1, 0.15) is 51.8 Å². The number of esters is 3. The third-order valence-corrected chi connectivity index (χ3v) is 9.52. The first kappa shape index (κ1) is 35.1. The highest BCUT2D eigenvalue weighted by molar-refractivity contribution is 7.51. The average Bonchev–Trinajstić information content (AvgIpc) is 3.61. The third kappa shape index (κ3) is 7.92. The van der Waals surface area contributed by atoms with Gasteiger partial charge in [-0.2, -0.15) is 10.4 Å². The molecular formula is C30H37N6O11P. The number of nitrogens with one attached hydrogen (secondary N) is 1. The zero-order valence-electron chi connectivity index (χ0n) is 26.6. The molecule has 0 saturated carbocycles. The van der Waals surface area contributed by atoms with Crippen LogP contribution in [-0.2, 0) is 51.7 Å². The van der Waals surface area contributed by atoms with Crippen molar-refractivity contribution in [1.82, 2.24) is 19.7 Å². The molecule has 2 aromatic heterocycles. The van der Waals surface area contributed by atoms with E-state index in [1.165, 1.54) is 17.8 Å². The lowest BCUT2D eigenvalue weighted by Gasteiger charge is -2.31. The summed E-state index contributed by atoms with van der Waals surface area (Å²) in [5, 5.41) is 17.4. The summed E-state index contributed by atoms with van der Waals surface area (Å²) >= 11 is 0. The van der Waals surface area contributed by atoms with Gasteiger partial charge in [-0.05, 0) is 25.5 Å². The van der Waals surface area contributed by atoms with Gasteiger partial charge in [0.05, 0.1) is 25.0 Å². The Labute approximate surface area is 275 Å². The standard InChI is InChI=1S/C30H37N6O11P/c1-18(29(39)45-21-11-13-41-14-12-21)35-48(40,47-22-7-5-4-6-8-22)42-16-30(15-31)27(44-20(3)38)26(43-19(2)37)25(46-30)23-9-10-24-28(32)33-17-34-36(23)24/h4-7,9-10,17-18,21-22,25-27H,8,11-14,16H2,1-3H3,(H,35,40)(H2,32,33,34)/t18-,22?,25-,26-,27-,30+,48-/m0/s1. The average molecular weight is 689 g/mol. The molecule has 2 fully saturated rings. The predicted molar refractivity (Wildman–Crippen MR) is 165 cm³/mol. The molecule has 0 bridgehead atoms. The number of allylic oxidation sites excluding steroid dienone is 2. The number of carbonyl (C=O) groups excluding carboxylic acids is 3. The maximum atomic E-state index is 14.4. The molecule has 17 nitrogen and oxygen atoms in total. The van der Waals surface area contributed by atoms with Crippen LogP contribution < -0.4 is 10.8 Å². The summed E-state index contributed by atoms with van der Waals surface area (Å²) in [4.78, 5) is 41.6. The fourth-order valence-electron chi connectivity index (χ4n) is 5.54. The second-order valence-electron chi connectivity index (χ2n) is 11.4. The maximum Gasteiger partial charge on any atom is 0.406 e. The quantitative estimate of drug-likeness (QED) is 0.185. The summed E-state index contributed by atoms with van der Waals surface area (Å²) in [6.45, 7) is 3.74. The number of ether oxygens (including phenoxy) is 5. The molecule has 1 aliphatic carbocycles. The topological polar surface area (TPSA) is 225 Å². The lowest BCUT2D eigenvalue weighted by Crippen LogP contribution is -2.49. The van der Waals surface area contributed by atoms with Gasteiger partial charge in [-0.25, -0.2) is 19.2 Å². The van der Waals surface area contributed by atoms with Crippen molar-refractivity contribution in [2.75, 3.05) is 25.6 Å². The summed E-state index contributed by atoms with van der Waals surface area (Å²) in [6.07, 6.45) is 4.16. The van der Waals surface area contributed by atoms with Crippen molar-refractivity contribution < 1.29 is 51.7 Å². The first-order valence-electron chi connectivity index (χ1n) is 15.3. The van der Waals surface area contributed by atoms with Crippen LogP contribution in [0.15, 0.2) is 42.8 Å². The van der Waals surface area contributed by atoms with Crippen LogP contribution in [0.5, 0.6) is 0 Å². The number of nitriles is 1. The molecule has 258 valence electrons. The minimum Gasteiger partial charge on any atom is -0.461 e. The van der Waals surface area contributed by atoms with Gasteiger partial charge in [-0.15, -0.1) is 0 Å². The fourth-order valence-corrected chi connectivity index (χ4v) is 7.19. The summed E-state index contributed by atoms with van der Waals surface area (Å²) < 4.78 is 55.8. The number of carbonyl (C=O) groups is 3. The zero-order chi connectivity index (χ0) is 34.5. The molecule has 4 heterocycles. The number of anilines is 1. The molecule has 0 aromatic carbocycles. The Hall–Kier alpha value is -4.17. The van der Waals surface area contributed by atoms with Gasteiger partial charge < -0.3 is 29.4 Å². The number of hydrogen-bond donors (Lipinski definition) is 2. The van der Waals surface area contributed by atoms with Gasteiger partial charge in [0.1, 0.15) is 42.8 Å². The van der Waals surface area contributed by atoms with Gasteiger partial charge in [-0.1, -0.05) is 24.3 Å². The number of fused-ring (bicyclic) bond motifs is 1. The van der Waals surface area contributed by atoms with Crippen LogP contribution in [0.2, 0.25) is 0 Å². The lowest BCUT2D eigenvalue weighted by molar-refractivity contribution is -0.166. The van der Waals surface area contributed by atoms with E-state index in [2.05, 4.69) is 15.2 Å². The zero-order valence-corrected chi connectivity index (χ0v) is 27.4. The van der Waals surface area contributed by atoms with Crippen LogP contribution >= 0.6 is 7.75 Å². The summed E-state index contributed by atoms with van der Waals surface area (Å²) in [7, 11) is -4.48. The van der Waals surface area contributed by atoms with Gasteiger partial charge in [0.15, 0.2) is 18.0 Å². The molecule has 2 saturated heterocycles. The Morgan fingerprint density at radius 1 is 1.19 bits per heavy atom. The first-order valence-corrected chi connectivity index (χ1v) is 16.8. The molecule has 3 aliphatic rings. The van der Waals surface area contributed by atoms with E-state index >= 15 is 0 Å². The van der Waals surface area contributed by atoms with Gasteiger partial charge in [0.2, 0.25) is 5.60 Å². The summed E-state index contributed by atoms with van der Waals surface area (Å²) in [6, 6.07) is 3.98. The highest BCUT2D eigenvalue weighted by Crippen LogP contribution is 2.51. The molecule has 0 radical (unpaired) electrons. The van der Waals surface area contributed by atoms with Crippen molar-refractivity contribution in [3.8, 4) is 6.07 Å². The molecular weight excluding hydrogens is 651 g/mol. The van der Waals surface area contributed by atoms with E-state index in [4.69, 9.17) is 38.5 Å². The van der Waals surface area contributed by atoms with E-state index in [-0.39, 0.29) is 17.6 Å². The van der Waals surface area contributed by atoms with E-state index < -0.39 is 68.3 Å². The molecule has 3 N–H and O–H groups in total. The van der Waals surface area contributed by atoms with E-state index in [0.29, 0.717) is 38.0 Å². The van der Waals surface area contributed by atoms with Crippen LogP contribution in [0.4, 0.5) is 5.82 Å². The first-order chi connectivity index (χ1) is 22.9. The monoisotopic (exact) mass is 688 g/mol. The Kier molecular flexibility index (Phi) is 10.9. The molecule has 0 amide bonds. The van der Waals surface area contributed by atoms with Crippen molar-refractivity contribution in [2.24, 2.45) is 0 Å². The number of nitrogens with zero attached hydrogens (tertiary/aromatic N) is 4. The summed E-state index contributed by atoms with van der Waals surface area (Å²) in [5.41, 5.74) is 4.46. The largest absolute Gasteiger partial charge is 0.461 e. The van der Waals surface area contributed by atoms with Crippen LogP contribution in [0, 0.1) is 11.3 Å². The Morgan fingerprint density at radius 2 is 1.94 bits per heavy atom. The molecule has 2 aromatic rings. The minimum absolute atomic E-state index is 0.143. The van der Waals surface area contributed by atoms with Crippen molar-refractivity contribution in [2.45, 2.75) is 82.2 Å². The second-order valence-corrected chi connectivity index (χ2v) is 13.1. The van der Waals surface area contributed by atoms with Gasteiger partial charge in [0.25, 0.3) is 0 Å². The van der Waals surface area contributed by atoms with Crippen molar-refractivity contribution >= 4 is 37.0 Å². The van der Waals surface area contributed by atoms with Crippen molar-refractivity contribution in [3.05, 3.63) is 48.5 Å². The van der Waals surface area contributed by atoms with Crippen LogP contribution in [0.3, 0.4) is 0 Å². The molecule has 2 aliphatic heterocycles. The van der Waals surface area contributed by atoms with Gasteiger partial charge in [0, 0.05) is 26.7 Å². The van der Waals surface area contributed by atoms with E-state index in [1.54, 1.807) is 36.4 Å². The van der Waals surface area contributed by atoms with Crippen molar-refractivity contribution in [3.63, 3.8) is 0 Å². The molecule has 5 rings (SSSR count). The van der Waals surface area contributed by atoms with E-state index in [1.807, 2.05) is 6.07 Å². The number of aromatic nitrogens is 3. The minimum atomic E-state index is -4.48. The molecule has 1 unspecified atom stereocenters. The number of nitrogen functional groups attached to an aromatic ring is 1. The normalized spacial score (nSPS) is 27.5. The van der Waals surface area contributed by atoms with E-state index in [9.17, 15) is 24.2 Å². The fraction of sp³-hybridized carbons (Fsp3) is 0.533. The maximum absolute atomic E-state index is 14.4. The molecule has 48 heavy (non-hydrogen) atoms. The van der Waals surface area contributed by atoms with E-state index in [0.717, 1.165) is 13.8 Å². The van der Waals surface area contributed by atoms with Gasteiger partial charge in [-0.3, -0.25) is 23.4 Å². The van der Waals surface area contributed by atoms with Crippen LogP contribution in [-0.4, -0.2) is 88.4 Å². The number of rotatable bonds is 12.